The van der Waals surface area contributed by atoms with Crippen LogP contribution in [0.1, 0.15) is 33.6 Å². The molecule has 0 spiro atoms. The lowest BCUT2D eigenvalue weighted by Crippen LogP contribution is -2.39. The molecule has 33 heavy (non-hydrogen) atoms. The number of imide groups is 1. The van der Waals surface area contributed by atoms with Crippen molar-refractivity contribution in [3.8, 4) is 11.5 Å². The van der Waals surface area contributed by atoms with E-state index in [9.17, 15) is 14.4 Å². The first kappa shape index (κ1) is 24.1. The third-order valence-electron chi connectivity index (χ3n) is 5.42. The maximum absolute atomic E-state index is 13.3. The number of ether oxygens (including phenoxy) is 2. The highest BCUT2D eigenvalue weighted by Crippen LogP contribution is 2.29. The van der Waals surface area contributed by atoms with Gasteiger partial charge in [-0.05, 0) is 67.8 Å². The first-order valence-corrected chi connectivity index (χ1v) is 11.1. The highest BCUT2D eigenvalue weighted by molar-refractivity contribution is 6.22. The number of nitrogens with zero attached hydrogens (tertiary/aromatic N) is 2. The standard InChI is InChI=1S/C25H31N3O5/c1-5-33-21-10-6-18(7-11-21)26-23(29)16-22-24(30)28(19-8-12-20(32-4)13-9-19)25(31)27(22)15-14-17(2)3/h6-13,17,22H,5,14-16H2,1-4H3,(H,26,29)/t22-/m0/s1. The number of hydrogen-bond donors (Lipinski definition) is 1. The molecule has 8 nitrogen and oxygen atoms in total. The maximum Gasteiger partial charge on any atom is 0.332 e. The van der Waals surface area contributed by atoms with Crippen molar-refractivity contribution in [2.45, 2.75) is 39.7 Å². The largest absolute Gasteiger partial charge is 0.497 e. The van der Waals surface area contributed by atoms with Gasteiger partial charge in [0.15, 0.2) is 0 Å². The molecule has 1 fully saturated rings. The Hall–Kier alpha value is -3.55. The van der Waals surface area contributed by atoms with Gasteiger partial charge in [-0.15, -0.1) is 0 Å². The van der Waals surface area contributed by atoms with Gasteiger partial charge in [-0.3, -0.25) is 9.59 Å². The topological polar surface area (TPSA) is 88.2 Å². The summed E-state index contributed by atoms with van der Waals surface area (Å²) in [5, 5.41) is 2.81. The second kappa shape index (κ2) is 10.8. The van der Waals surface area contributed by atoms with E-state index in [0.29, 0.717) is 41.9 Å². The number of carbonyl (C=O) groups is 3. The molecular formula is C25H31N3O5. The molecule has 8 heteroatoms. The summed E-state index contributed by atoms with van der Waals surface area (Å²) in [6.07, 6.45) is 0.606. The molecule has 0 bridgehead atoms. The lowest BCUT2D eigenvalue weighted by Gasteiger charge is -2.22. The quantitative estimate of drug-likeness (QED) is 0.542. The highest BCUT2D eigenvalue weighted by Gasteiger charge is 2.46. The Balaban J connectivity index is 1.76. The van der Waals surface area contributed by atoms with Crippen molar-refractivity contribution in [1.82, 2.24) is 4.90 Å². The fraction of sp³-hybridized carbons (Fsp3) is 0.400. The summed E-state index contributed by atoms with van der Waals surface area (Å²) in [6.45, 7) is 6.96. The molecule has 0 unspecified atom stereocenters. The van der Waals surface area contributed by atoms with Gasteiger partial charge in [0.05, 0.1) is 25.8 Å². The molecule has 0 aromatic heterocycles. The van der Waals surface area contributed by atoms with Gasteiger partial charge in [-0.25, -0.2) is 9.69 Å². The van der Waals surface area contributed by atoms with Crippen LogP contribution in [0.5, 0.6) is 11.5 Å². The van der Waals surface area contributed by atoms with Crippen LogP contribution in [-0.4, -0.2) is 49.0 Å². The summed E-state index contributed by atoms with van der Waals surface area (Å²) < 4.78 is 10.6. The predicted octanol–water partition coefficient (Wildman–Crippen LogP) is 4.31. The van der Waals surface area contributed by atoms with Gasteiger partial charge in [-0.1, -0.05) is 13.8 Å². The van der Waals surface area contributed by atoms with E-state index in [0.717, 1.165) is 11.3 Å². The molecule has 0 radical (unpaired) electrons. The Kier molecular flexibility index (Phi) is 7.92. The first-order chi connectivity index (χ1) is 15.8. The number of carbonyl (C=O) groups excluding carboxylic acids is 3. The molecule has 0 saturated carbocycles. The SMILES string of the molecule is CCOc1ccc(NC(=O)C[C@H]2C(=O)N(c3ccc(OC)cc3)C(=O)N2CCC(C)C)cc1. The van der Waals surface area contributed by atoms with Gasteiger partial charge in [0.2, 0.25) is 5.91 Å². The van der Waals surface area contributed by atoms with Crippen molar-refractivity contribution in [1.29, 1.82) is 0 Å². The number of benzene rings is 2. The summed E-state index contributed by atoms with van der Waals surface area (Å²) in [6, 6.07) is 12.5. The summed E-state index contributed by atoms with van der Waals surface area (Å²) in [4.78, 5) is 41.9. The number of nitrogens with one attached hydrogen (secondary N) is 1. The van der Waals surface area contributed by atoms with Crippen molar-refractivity contribution in [3.63, 3.8) is 0 Å². The third-order valence-corrected chi connectivity index (χ3v) is 5.42. The van der Waals surface area contributed by atoms with E-state index in [2.05, 4.69) is 19.2 Å². The normalized spacial score (nSPS) is 15.8. The summed E-state index contributed by atoms with van der Waals surface area (Å²) in [7, 11) is 1.55. The molecular weight excluding hydrogens is 422 g/mol. The minimum Gasteiger partial charge on any atom is -0.497 e. The van der Waals surface area contributed by atoms with Crippen LogP contribution in [0.15, 0.2) is 48.5 Å². The van der Waals surface area contributed by atoms with Crippen molar-refractivity contribution in [2.75, 3.05) is 30.5 Å². The highest BCUT2D eigenvalue weighted by atomic mass is 16.5. The molecule has 0 aliphatic carbocycles. The van der Waals surface area contributed by atoms with Crippen LogP contribution in [0, 0.1) is 5.92 Å². The Labute approximate surface area is 194 Å². The minimum absolute atomic E-state index is 0.122. The molecule has 1 saturated heterocycles. The van der Waals surface area contributed by atoms with E-state index >= 15 is 0 Å². The van der Waals surface area contributed by atoms with Crippen molar-refractivity contribution >= 4 is 29.2 Å². The summed E-state index contributed by atoms with van der Waals surface area (Å²) >= 11 is 0. The van der Waals surface area contributed by atoms with E-state index in [-0.39, 0.29) is 12.3 Å². The smallest absolute Gasteiger partial charge is 0.332 e. The van der Waals surface area contributed by atoms with Crippen LogP contribution < -0.4 is 19.7 Å². The van der Waals surface area contributed by atoms with E-state index in [4.69, 9.17) is 9.47 Å². The molecule has 1 heterocycles. The fourth-order valence-electron chi connectivity index (χ4n) is 3.64. The number of hydrogen-bond acceptors (Lipinski definition) is 5. The van der Waals surface area contributed by atoms with Gasteiger partial charge in [-0.2, -0.15) is 0 Å². The van der Waals surface area contributed by atoms with Gasteiger partial charge >= 0.3 is 6.03 Å². The molecule has 2 aromatic carbocycles. The molecule has 1 aliphatic rings. The monoisotopic (exact) mass is 453 g/mol. The lowest BCUT2D eigenvalue weighted by molar-refractivity contribution is -0.124. The molecule has 1 aliphatic heterocycles. The second-order valence-corrected chi connectivity index (χ2v) is 8.26. The third kappa shape index (κ3) is 5.83. The molecule has 1 atom stereocenters. The second-order valence-electron chi connectivity index (χ2n) is 8.26. The Morgan fingerprint density at radius 3 is 2.24 bits per heavy atom. The number of anilines is 2. The molecule has 176 valence electrons. The molecule has 1 N–H and O–H groups in total. The average Bonchev–Trinajstić information content (AvgIpc) is 3.02. The first-order valence-electron chi connectivity index (χ1n) is 11.1. The minimum atomic E-state index is -0.860. The lowest BCUT2D eigenvalue weighted by atomic mass is 10.1. The van der Waals surface area contributed by atoms with Gasteiger partial charge in [0.25, 0.3) is 5.91 Å². The van der Waals surface area contributed by atoms with Gasteiger partial charge < -0.3 is 19.7 Å². The van der Waals surface area contributed by atoms with Crippen molar-refractivity contribution in [2.24, 2.45) is 5.92 Å². The van der Waals surface area contributed by atoms with E-state index in [1.54, 1.807) is 55.6 Å². The van der Waals surface area contributed by atoms with Gasteiger partial charge in [0.1, 0.15) is 17.5 Å². The average molecular weight is 454 g/mol. The number of rotatable bonds is 10. The van der Waals surface area contributed by atoms with E-state index in [1.165, 1.54) is 4.90 Å². The van der Waals surface area contributed by atoms with Crippen molar-refractivity contribution < 1.29 is 23.9 Å². The number of urea groups is 1. The van der Waals surface area contributed by atoms with Crippen LogP contribution in [0.2, 0.25) is 0 Å². The Morgan fingerprint density at radius 2 is 1.67 bits per heavy atom. The zero-order valence-electron chi connectivity index (χ0n) is 19.5. The van der Waals surface area contributed by atoms with Crippen LogP contribution in [0.25, 0.3) is 0 Å². The molecule has 2 aromatic rings. The Morgan fingerprint density at radius 1 is 1.03 bits per heavy atom. The fourth-order valence-corrected chi connectivity index (χ4v) is 3.64. The van der Waals surface area contributed by atoms with Crippen LogP contribution >= 0.6 is 0 Å². The number of amides is 4. The zero-order valence-corrected chi connectivity index (χ0v) is 19.5. The number of methoxy groups -OCH3 is 1. The Bertz CT molecular complexity index is 973. The molecule has 4 amide bonds. The van der Waals surface area contributed by atoms with Gasteiger partial charge in [0, 0.05) is 12.2 Å². The van der Waals surface area contributed by atoms with Crippen LogP contribution in [-0.2, 0) is 9.59 Å². The van der Waals surface area contributed by atoms with Crippen LogP contribution in [0.4, 0.5) is 16.2 Å². The summed E-state index contributed by atoms with van der Waals surface area (Å²) in [5.41, 5.74) is 1.05. The van der Waals surface area contributed by atoms with E-state index < -0.39 is 18.0 Å². The predicted molar refractivity (Wildman–Crippen MR) is 127 cm³/mol. The summed E-state index contributed by atoms with van der Waals surface area (Å²) in [5.74, 6) is 0.941. The zero-order chi connectivity index (χ0) is 24.0. The maximum atomic E-state index is 13.3. The van der Waals surface area contributed by atoms with Crippen molar-refractivity contribution in [3.05, 3.63) is 48.5 Å². The molecule has 3 rings (SSSR count). The van der Waals surface area contributed by atoms with E-state index in [1.807, 2.05) is 6.92 Å². The van der Waals surface area contributed by atoms with Crippen LogP contribution in [0.3, 0.4) is 0 Å².